The average Bonchev–Trinajstić information content (AvgIpc) is 2.85. The second-order valence-corrected chi connectivity index (χ2v) is 10.3. The van der Waals surface area contributed by atoms with E-state index in [2.05, 4.69) is 17.4 Å². The summed E-state index contributed by atoms with van der Waals surface area (Å²) in [5.41, 5.74) is 6.35. The summed E-state index contributed by atoms with van der Waals surface area (Å²) < 4.78 is 18.3. The zero-order chi connectivity index (χ0) is 22.7. The second kappa shape index (κ2) is 9.52. The third-order valence-corrected chi connectivity index (χ3v) is 8.40. The number of aliphatic hydroxyl groups is 1. The van der Waals surface area contributed by atoms with Crippen molar-refractivity contribution in [3.8, 4) is 5.75 Å². The molecule has 5 nitrogen and oxygen atoms in total. The van der Waals surface area contributed by atoms with Crippen molar-refractivity contribution >= 4 is 5.91 Å². The van der Waals surface area contributed by atoms with E-state index in [1.54, 1.807) is 0 Å². The summed E-state index contributed by atoms with van der Waals surface area (Å²) in [6.45, 7) is 0.695. The number of benzene rings is 1. The van der Waals surface area contributed by atoms with E-state index in [0.717, 1.165) is 64.2 Å². The molecule has 1 aromatic rings. The Morgan fingerprint density at radius 2 is 1.66 bits per heavy atom. The van der Waals surface area contributed by atoms with Gasteiger partial charge in [-0.05, 0) is 74.5 Å². The largest absolute Gasteiger partial charge is 0.489 e. The molecule has 6 heteroatoms. The van der Waals surface area contributed by atoms with Crippen LogP contribution in [0.3, 0.4) is 0 Å². The number of hydrogen-bond acceptors (Lipinski definition) is 4. The van der Waals surface area contributed by atoms with Crippen LogP contribution in [-0.4, -0.2) is 36.3 Å². The van der Waals surface area contributed by atoms with Crippen molar-refractivity contribution in [3.05, 3.63) is 41.7 Å². The van der Waals surface area contributed by atoms with Crippen LogP contribution in [0.15, 0.2) is 36.2 Å². The molecule has 4 saturated carbocycles. The molecule has 0 saturated heterocycles. The average molecular weight is 445 g/mol. The molecule has 0 radical (unpaired) electrons. The Morgan fingerprint density at radius 1 is 1.03 bits per heavy atom. The Hall–Kier alpha value is -1.92. The van der Waals surface area contributed by atoms with Crippen LogP contribution in [0.25, 0.3) is 0 Å². The lowest BCUT2D eigenvalue weighted by atomic mass is 9.51. The van der Waals surface area contributed by atoms with Crippen molar-refractivity contribution in [3.63, 3.8) is 0 Å². The van der Waals surface area contributed by atoms with Gasteiger partial charge in [-0.3, -0.25) is 4.79 Å². The molecule has 5 rings (SSSR count). The molecule has 32 heavy (non-hydrogen) atoms. The highest BCUT2D eigenvalue weighted by Gasteiger charge is 2.53. The van der Waals surface area contributed by atoms with Gasteiger partial charge >= 0.3 is 0 Å². The van der Waals surface area contributed by atoms with Crippen LogP contribution in [0.2, 0.25) is 0 Å². The summed E-state index contributed by atoms with van der Waals surface area (Å²) in [7, 11) is 0. The highest BCUT2D eigenvalue weighted by molar-refractivity contribution is 5.83. The standard InChI is InChI=1S/C26H37FN2O3/c27-16-20(17-28)18-32-22-6-4-21(5-7-22)24-10-13-25(14-11-24,15-12-24)23(30)29-19-26(31)8-2-1-3-9-26/h4-7,16,31H,1-3,8-15,17-19,28H2,(H,29,30). The lowest BCUT2D eigenvalue weighted by Gasteiger charge is -2.53. The summed E-state index contributed by atoms with van der Waals surface area (Å²) in [6, 6.07) is 8.14. The van der Waals surface area contributed by atoms with Crippen LogP contribution in [0.5, 0.6) is 5.75 Å². The molecular weight excluding hydrogens is 407 g/mol. The minimum Gasteiger partial charge on any atom is -0.489 e. The normalized spacial score (nSPS) is 29.5. The molecule has 0 aliphatic heterocycles. The van der Waals surface area contributed by atoms with Crippen molar-refractivity contribution in [2.45, 2.75) is 81.6 Å². The van der Waals surface area contributed by atoms with Crippen molar-refractivity contribution in [2.75, 3.05) is 19.7 Å². The highest BCUT2D eigenvalue weighted by atomic mass is 19.1. The molecule has 1 aromatic carbocycles. The molecule has 0 unspecified atom stereocenters. The molecule has 4 aliphatic rings. The summed E-state index contributed by atoms with van der Waals surface area (Å²) >= 11 is 0. The first-order valence-electron chi connectivity index (χ1n) is 12.1. The third-order valence-electron chi connectivity index (χ3n) is 8.40. The van der Waals surface area contributed by atoms with Crippen molar-refractivity contribution < 1.29 is 19.0 Å². The predicted molar refractivity (Wildman–Crippen MR) is 123 cm³/mol. The summed E-state index contributed by atoms with van der Waals surface area (Å²) in [6.07, 6.45) is 11.1. The second-order valence-electron chi connectivity index (χ2n) is 10.3. The van der Waals surface area contributed by atoms with E-state index in [4.69, 9.17) is 10.5 Å². The lowest BCUT2D eigenvalue weighted by molar-refractivity contribution is -0.139. The smallest absolute Gasteiger partial charge is 0.226 e. The van der Waals surface area contributed by atoms with E-state index in [9.17, 15) is 14.3 Å². The number of nitrogens with two attached hydrogens (primary N) is 1. The Labute approximate surface area is 190 Å². The number of carbonyl (C=O) groups excluding carboxylic acids is 1. The van der Waals surface area contributed by atoms with Gasteiger partial charge in [0, 0.05) is 24.1 Å². The van der Waals surface area contributed by atoms with Gasteiger partial charge in [0.2, 0.25) is 5.91 Å². The molecule has 176 valence electrons. The maximum atomic E-state index is 13.1. The first-order valence-corrected chi connectivity index (χ1v) is 12.1. The van der Waals surface area contributed by atoms with Gasteiger partial charge in [0.05, 0.1) is 11.9 Å². The van der Waals surface area contributed by atoms with Crippen LogP contribution >= 0.6 is 0 Å². The van der Waals surface area contributed by atoms with E-state index in [-0.39, 0.29) is 29.9 Å². The van der Waals surface area contributed by atoms with Crippen LogP contribution in [0.1, 0.15) is 76.2 Å². The van der Waals surface area contributed by atoms with Gasteiger partial charge in [0.25, 0.3) is 0 Å². The fourth-order valence-corrected chi connectivity index (χ4v) is 5.99. The Morgan fingerprint density at radius 3 is 2.22 bits per heavy atom. The first kappa shape index (κ1) is 23.2. The lowest BCUT2D eigenvalue weighted by Crippen LogP contribution is -2.54. The van der Waals surface area contributed by atoms with Gasteiger partial charge in [0.1, 0.15) is 12.4 Å². The van der Waals surface area contributed by atoms with Gasteiger partial charge < -0.3 is 20.9 Å². The molecule has 1 amide bonds. The molecule has 0 atom stereocenters. The minimum absolute atomic E-state index is 0.128. The van der Waals surface area contributed by atoms with Crippen molar-refractivity contribution in [1.29, 1.82) is 0 Å². The third kappa shape index (κ3) is 4.72. The van der Waals surface area contributed by atoms with Gasteiger partial charge in [-0.15, -0.1) is 0 Å². The number of nitrogens with one attached hydrogen (secondary N) is 1. The van der Waals surface area contributed by atoms with E-state index >= 15 is 0 Å². The quantitative estimate of drug-likeness (QED) is 0.559. The summed E-state index contributed by atoms with van der Waals surface area (Å²) in [5, 5.41) is 13.9. The van der Waals surface area contributed by atoms with Crippen LogP contribution in [-0.2, 0) is 10.2 Å². The van der Waals surface area contributed by atoms with E-state index in [0.29, 0.717) is 24.2 Å². The van der Waals surface area contributed by atoms with Gasteiger partial charge in [-0.2, -0.15) is 0 Å². The van der Waals surface area contributed by atoms with Gasteiger partial charge in [-0.1, -0.05) is 31.4 Å². The Bertz CT molecular complexity index is 805. The highest BCUT2D eigenvalue weighted by Crippen LogP contribution is 2.58. The fourth-order valence-electron chi connectivity index (χ4n) is 5.99. The van der Waals surface area contributed by atoms with E-state index in [1.165, 1.54) is 12.0 Å². The number of rotatable bonds is 8. The predicted octanol–water partition coefficient (Wildman–Crippen LogP) is 4.28. The van der Waals surface area contributed by atoms with E-state index < -0.39 is 5.60 Å². The maximum absolute atomic E-state index is 13.1. The van der Waals surface area contributed by atoms with Crippen molar-refractivity contribution in [1.82, 2.24) is 5.32 Å². The molecule has 2 bridgehead atoms. The van der Waals surface area contributed by atoms with Crippen LogP contribution in [0, 0.1) is 5.41 Å². The Balaban J connectivity index is 1.33. The first-order chi connectivity index (χ1) is 15.4. The monoisotopic (exact) mass is 444 g/mol. The Kier molecular flexibility index (Phi) is 6.91. The number of fused-ring (bicyclic) bond motifs is 3. The van der Waals surface area contributed by atoms with Gasteiger partial charge in [0.15, 0.2) is 0 Å². The molecule has 0 spiro atoms. The molecule has 0 heterocycles. The molecular formula is C26H37FN2O3. The molecule has 4 N–H and O–H groups in total. The number of amides is 1. The summed E-state index contributed by atoms with van der Waals surface area (Å²) in [5.74, 6) is 0.851. The summed E-state index contributed by atoms with van der Waals surface area (Å²) in [4.78, 5) is 13.1. The SMILES string of the molecule is NCC(=CF)COc1ccc(C23CCC(C(=O)NCC4(O)CCCCC4)(CC2)CC3)cc1. The molecule has 4 fully saturated rings. The minimum atomic E-state index is -0.716. The number of hydrogen-bond donors (Lipinski definition) is 3. The van der Waals surface area contributed by atoms with E-state index in [1.807, 2.05) is 12.1 Å². The fraction of sp³-hybridized carbons (Fsp3) is 0.654. The van der Waals surface area contributed by atoms with Crippen molar-refractivity contribution in [2.24, 2.45) is 11.1 Å². The molecule has 0 aromatic heterocycles. The zero-order valence-electron chi connectivity index (χ0n) is 19.0. The van der Waals surface area contributed by atoms with Crippen LogP contribution in [0.4, 0.5) is 4.39 Å². The molecule has 4 aliphatic carbocycles. The topological polar surface area (TPSA) is 84.6 Å². The number of ether oxygens (including phenoxy) is 1. The maximum Gasteiger partial charge on any atom is 0.226 e. The zero-order valence-corrected chi connectivity index (χ0v) is 19.0. The van der Waals surface area contributed by atoms with Crippen LogP contribution < -0.4 is 15.8 Å². The van der Waals surface area contributed by atoms with Gasteiger partial charge in [-0.25, -0.2) is 4.39 Å². The number of carbonyl (C=O) groups is 1. The number of halogens is 1.